The van der Waals surface area contributed by atoms with Gasteiger partial charge in [-0.05, 0) is 36.8 Å². The maximum atomic E-state index is 11.5. The minimum atomic E-state index is -1.19. The van der Waals surface area contributed by atoms with Crippen LogP contribution < -0.4 is 21.7 Å². The molecule has 0 unspecified atom stereocenters. The normalized spacial score (nSPS) is 22.1. The Morgan fingerprint density at radius 2 is 1.84 bits per heavy atom. The number of ether oxygens (including phenoxy) is 1. The van der Waals surface area contributed by atoms with Gasteiger partial charge in [0, 0.05) is 19.6 Å². The van der Waals surface area contributed by atoms with Gasteiger partial charge in [-0.15, -0.1) is 0 Å². The largest absolute Gasteiger partial charge is 0.489 e. The van der Waals surface area contributed by atoms with Crippen molar-refractivity contribution in [1.82, 2.24) is 4.90 Å². The zero-order valence-corrected chi connectivity index (χ0v) is 13.5. The fourth-order valence-electron chi connectivity index (χ4n) is 3.47. The SMILES string of the molecule is NC(=O)c1ccc(OCCCN2C[C@H]3C[C@H]3C2)c2oc(=O)c(=O)oc12. The highest BCUT2D eigenvalue weighted by molar-refractivity contribution is 6.03. The number of hydrogen-bond acceptors (Lipinski definition) is 7. The van der Waals surface area contributed by atoms with E-state index in [1.54, 1.807) is 0 Å². The molecular formula is C17H18N2O6. The molecule has 1 aliphatic carbocycles. The Bertz CT molecular complexity index is 936. The number of carbonyl (C=O) groups excluding carboxylic acids is 1. The van der Waals surface area contributed by atoms with Gasteiger partial charge in [-0.1, -0.05) is 0 Å². The van der Waals surface area contributed by atoms with E-state index in [0.717, 1.165) is 24.8 Å². The maximum absolute atomic E-state index is 11.5. The Kier molecular flexibility index (Phi) is 3.84. The molecule has 1 amide bonds. The first-order valence-corrected chi connectivity index (χ1v) is 8.29. The second-order valence-corrected chi connectivity index (χ2v) is 6.63. The molecule has 1 aromatic carbocycles. The average molecular weight is 346 g/mol. The Morgan fingerprint density at radius 1 is 1.16 bits per heavy atom. The fraction of sp³-hybridized carbons (Fsp3) is 0.471. The second-order valence-electron chi connectivity index (χ2n) is 6.63. The van der Waals surface area contributed by atoms with Gasteiger partial charge in [-0.25, -0.2) is 9.59 Å². The third-order valence-corrected chi connectivity index (χ3v) is 4.83. The van der Waals surface area contributed by atoms with Crippen molar-refractivity contribution in [3.8, 4) is 5.75 Å². The molecule has 2 heterocycles. The Labute approximate surface area is 142 Å². The Hall–Kier alpha value is -2.61. The maximum Gasteiger partial charge on any atom is 0.423 e. The third-order valence-electron chi connectivity index (χ3n) is 4.83. The molecule has 8 nitrogen and oxygen atoms in total. The number of amides is 1. The predicted molar refractivity (Wildman–Crippen MR) is 87.7 cm³/mol. The van der Waals surface area contributed by atoms with Crippen LogP contribution in [0.15, 0.2) is 30.6 Å². The van der Waals surface area contributed by atoms with Crippen LogP contribution in [0.5, 0.6) is 5.75 Å². The second kappa shape index (κ2) is 6.03. The van der Waals surface area contributed by atoms with Crippen molar-refractivity contribution in [3.63, 3.8) is 0 Å². The first-order valence-electron chi connectivity index (χ1n) is 8.29. The molecule has 2 atom stereocenters. The van der Waals surface area contributed by atoms with Crippen LogP contribution in [0.1, 0.15) is 23.2 Å². The highest BCUT2D eigenvalue weighted by Gasteiger charge is 2.44. The van der Waals surface area contributed by atoms with Gasteiger partial charge in [0.15, 0.2) is 11.3 Å². The van der Waals surface area contributed by atoms with E-state index < -0.39 is 17.2 Å². The zero-order chi connectivity index (χ0) is 17.6. The molecule has 25 heavy (non-hydrogen) atoms. The lowest BCUT2D eigenvalue weighted by Gasteiger charge is -2.17. The van der Waals surface area contributed by atoms with Gasteiger partial charge in [-0.2, -0.15) is 0 Å². The lowest BCUT2D eigenvalue weighted by atomic mass is 10.2. The number of carbonyl (C=O) groups is 1. The molecule has 1 saturated heterocycles. The molecule has 8 heteroatoms. The molecule has 2 aromatic rings. The summed E-state index contributed by atoms with van der Waals surface area (Å²) in [6, 6.07) is 2.87. The van der Waals surface area contributed by atoms with E-state index in [1.807, 2.05) is 0 Å². The monoisotopic (exact) mass is 346 g/mol. The van der Waals surface area contributed by atoms with E-state index in [0.29, 0.717) is 6.61 Å². The molecule has 2 N–H and O–H groups in total. The van der Waals surface area contributed by atoms with Crippen LogP contribution in [0.25, 0.3) is 11.2 Å². The van der Waals surface area contributed by atoms with E-state index in [4.69, 9.17) is 19.3 Å². The van der Waals surface area contributed by atoms with Gasteiger partial charge >= 0.3 is 11.3 Å². The third kappa shape index (κ3) is 3.05. The number of likely N-dealkylation sites (tertiary alicyclic amines) is 1. The van der Waals surface area contributed by atoms with Crippen LogP contribution in [-0.2, 0) is 0 Å². The van der Waals surface area contributed by atoms with Crippen molar-refractivity contribution in [2.24, 2.45) is 17.6 Å². The molecule has 1 saturated carbocycles. The van der Waals surface area contributed by atoms with Crippen molar-refractivity contribution in [3.05, 3.63) is 38.5 Å². The molecule has 0 spiro atoms. The van der Waals surface area contributed by atoms with Crippen molar-refractivity contribution < 1.29 is 18.4 Å². The minimum Gasteiger partial charge on any atom is -0.489 e. The van der Waals surface area contributed by atoms with E-state index in [9.17, 15) is 14.4 Å². The predicted octanol–water partition coefficient (Wildman–Crippen LogP) is 0.566. The topological polar surface area (TPSA) is 116 Å². The van der Waals surface area contributed by atoms with Crippen LogP contribution in [-0.4, -0.2) is 37.0 Å². The lowest BCUT2D eigenvalue weighted by Crippen LogP contribution is -2.25. The van der Waals surface area contributed by atoms with Crippen LogP contribution in [0.2, 0.25) is 0 Å². The standard InChI is InChI=1S/C17H18N2O6/c18-15(20)11-2-3-12(14-13(11)24-16(21)17(22)25-14)23-5-1-4-19-7-9-6-10(9)8-19/h2-3,9-10H,1,4-8H2,(H2,18,20)/t9-,10+. The number of nitrogens with zero attached hydrogens (tertiary/aromatic N) is 1. The molecule has 1 aliphatic heterocycles. The van der Waals surface area contributed by atoms with Gasteiger partial charge in [0.1, 0.15) is 0 Å². The van der Waals surface area contributed by atoms with Gasteiger partial charge in [0.2, 0.25) is 5.58 Å². The number of benzene rings is 1. The van der Waals surface area contributed by atoms with E-state index in [-0.39, 0.29) is 22.5 Å². The molecule has 2 aliphatic rings. The first kappa shape index (κ1) is 15.9. The molecule has 0 radical (unpaired) electrons. The fourth-order valence-corrected chi connectivity index (χ4v) is 3.47. The lowest BCUT2D eigenvalue weighted by molar-refractivity contribution is 0.100. The Morgan fingerprint density at radius 3 is 2.52 bits per heavy atom. The smallest absolute Gasteiger partial charge is 0.423 e. The summed E-state index contributed by atoms with van der Waals surface area (Å²) < 4.78 is 15.5. The Balaban J connectivity index is 1.49. The summed E-state index contributed by atoms with van der Waals surface area (Å²) >= 11 is 0. The number of hydrogen-bond donors (Lipinski definition) is 1. The quantitative estimate of drug-likeness (QED) is 0.600. The summed E-state index contributed by atoms with van der Waals surface area (Å²) in [5, 5.41) is 0. The summed E-state index contributed by atoms with van der Waals surface area (Å²) in [5.74, 6) is 1.23. The average Bonchev–Trinajstić information content (AvgIpc) is 3.19. The summed E-state index contributed by atoms with van der Waals surface area (Å²) in [6.07, 6.45) is 2.19. The molecule has 4 rings (SSSR count). The molecule has 0 bridgehead atoms. The van der Waals surface area contributed by atoms with Crippen LogP contribution in [0, 0.1) is 11.8 Å². The van der Waals surface area contributed by atoms with E-state index >= 15 is 0 Å². The van der Waals surface area contributed by atoms with Crippen LogP contribution in [0.3, 0.4) is 0 Å². The summed E-state index contributed by atoms with van der Waals surface area (Å²) in [7, 11) is 0. The number of piperidine rings is 1. The molecular weight excluding hydrogens is 328 g/mol. The van der Waals surface area contributed by atoms with E-state index in [1.165, 1.54) is 31.6 Å². The molecule has 132 valence electrons. The van der Waals surface area contributed by atoms with Gasteiger partial charge in [-0.3, -0.25) is 4.79 Å². The number of nitrogens with two attached hydrogens (primary N) is 1. The highest BCUT2D eigenvalue weighted by atomic mass is 16.5. The van der Waals surface area contributed by atoms with Crippen molar-refractivity contribution in [2.45, 2.75) is 12.8 Å². The van der Waals surface area contributed by atoms with Crippen LogP contribution >= 0.6 is 0 Å². The minimum absolute atomic E-state index is 0.0421. The van der Waals surface area contributed by atoms with Crippen molar-refractivity contribution in [1.29, 1.82) is 0 Å². The first-order chi connectivity index (χ1) is 12.0. The van der Waals surface area contributed by atoms with E-state index in [2.05, 4.69) is 4.90 Å². The summed E-state index contributed by atoms with van der Waals surface area (Å²) in [5.41, 5.74) is 2.61. The van der Waals surface area contributed by atoms with Crippen LogP contribution in [0.4, 0.5) is 0 Å². The highest BCUT2D eigenvalue weighted by Crippen LogP contribution is 2.44. The van der Waals surface area contributed by atoms with Crippen molar-refractivity contribution >= 4 is 17.1 Å². The molecule has 2 fully saturated rings. The zero-order valence-electron chi connectivity index (χ0n) is 13.5. The summed E-state index contributed by atoms with van der Waals surface area (Å²) in [4.78, 5) is 36.7. The molecule has 1 aromatic heterocycles. The van der Waals surface area contributed by atoms with Gasteiger partial charge in [0.25, 0.3) is 5.91 Å². The number of fused-ring (bicyclic) bond motifs is 2. The number of rotatable bonds is 6. The van der Waals surface area contributed by atoms with Gasteiger partial charge < -0.3 is 24.2 Å². The summed E-state index contributed by atoms with van der Waals surface area (Å²) in [6.45, 7) is 3.70. The van der Waals surface area contributed by atoms with Crippen molar-refractivity contribution in [2.75, 3.05) is 26.2 Å². The van der Waals surface area contributed by atoms with Gasteiger partial charge in [0.05, 0.1) is 12.2 Å². The number of primary amides is 1.